The van der Waals surface area contributed by atoms with Crippen molar-refractivity contribution in [3.63, 3.8) is 0 Å². The average molecular weight is 420 g/mol. The van der Waals surface area contributed by atoms with Crippen LogP contribution in [0.15, 0.2) is 66.2 Å². The summed E-state index contributed by atoms with van der Waals surface area (Å²) in [4.78, 5) is 29.4. The van der Waals surface area contributed by atoms with Crippen LogP contribution in [0.4, 0.5) is 5.69 Å². The maximum Gasteiger partial charge on any atom is 0.262 e. The van der Waals surface area contributed by atoms with Crippen molar-refractivity contribution in [2.45, 2.75) is 19.4 Å². The molecule has 0 radical (unpaired) electrons. The van der Waals surface area contributed by atoms with Crippen LogP contribution in [0.2, 0.25) is 0 Å². The van der Waals surface area contributed by atoms with E-state index in [2.05, 4.69) is 15.6 Å². The number of aromatic amines is 1. The molecule has 6 nitrogen and oxygen atoms in total. The number of nitrogens with one attached hydrogen (secondary N) is 3. The molecule has 2 aromatic heterocycles. The average Bonchev–Trinajstić information content (AvgIpc) is 3.40. The Balaban J connectivity index is 1.60. The molecule has 0 aliphatic heterocycles. The number of H-pyrrole nitrogens is 1. The topological polar surface area (TPSA) is 94.2 Å². The van der Waals surface area contributed by atoms with Gasteiger partial charge in [0.15, 0.2) is 0 Å². The Kier molecular flexibility index (Phi) is 5.54. The first-order valence-corrected chi connectivity index (χ1v) is 10.4. The minimum absolute atomic E-state index is 0.0150. The number of hydrogen-bond donors (Lipinski definition) is 4. The summed E-state index contributed by atoms with van der Waals surface area (Å²) >= 11 is 1.31. The van der Waals surface area contributed by atoms with Crippen LogP contribution in [0.3, 0.4) is 0 Å². The molecule has 0 unspecified atom stereocenters. The molecule has 0 fully saturated rings. The van der Waals surface area contributed by atoms with E-state index in [4.69, 9.17) is 0 Å². The van der Waals surface area contributed by atoms with Gasteiger partial charge in [0.05, 0.1) is 10.6 Å². The molecular weight excluding hydrogens is 398 g/mol. The first kappa shape index (κ1) is 19.7. The number of amides is 2. The number of rotatable bonds is 6. The standard InChI is InChI=1S/C23H21N3O3S/c1-14-8-9-18(20(27)11-14)25-22(28)19(26-23(29)21-7-4-10-30-21)12-15-13-24-17-6-3-2-5-16(15)17/h2-11,13,19,24,27H,12H2,1H3,(H,25,28)(H,26,29)/t19-/m0/s1. The smallest absolute Gasteiger partial charge is 0.262 e. The van der Waals surface area contributed by atoms with Gasteiger partial charge in [-0.2, -0.15) is 0 Å². The van der Waals surface area contributed by atoms with Gasteiger partial charge in [0.1, 0.15) is 11.8 Å². The van der Waals surface area contributed by atoms with Crippen molar-refractivity contribution in [1.29, 1.82) is 0 Å². The highest BCUT2D eigenvalue weighted by molar-refractivity contribution is 7.12. The summed E-state index contributed by atoms with van der Waals surface area (Å²) in [6.07, 6.45) is 2.16. The molecule has 0 aliphatic rings. The Morgan fingerprint density at radius 1 is 1.13 bits per heavy atom. The zero-order chi connectivity index (χ0) is 21.1. The highest BCUT2D eigenvalue weighted by Crippen LogP contribution is 2.25. The van der Waals surface area contributed by atoms with Gasteiger partial charge in [0, 0.05) is 23.5 Å². The lowest BCUT2D eigenvalue weighted by Crippen LogP contribution is -2.45. The third-order valence-electron chi connectivity index (χ3n) is 4.88. The monoisotopic (exact) mass is 419 g/mol. The van der Waals surface area contributed by atoms with Crippen LogP contribution in [0.1, 0.15) is 20.8 Å². The molecule has 4 N–H and O–H groups in total. The van der Waals surface area contributed by atoms with Gasteiger partial charge in [0.2, 0.25) is 5.91 Å². The summed E-state index contributed by atoms with van der Waals surface area (Å²) in [6.45, 7) is 1.85. The van der Waals surface area contributed by atoms with Crippen molar-refractivity contribution in [2.24, 2.45) is 0 Å². The molecular formula is C23H21N3O3S. The highest BCUT2D eigenvalue weighted by Gasteiger charge is 2.24. The molecule has 1 atom stereocenters. The molecule has 0 saturated carbocycles. The lowest BCUT2D eigenvalue weighted by molar-refractivity contribution is -0.118. The summed E-state index contributed by atoms with van der Waals surface area (Å²) in [6, 6.07) is 15.5. The zero-order valence-electron chi connectivity index (χ0n) is 16.3. The van der Waals surface area contributed by atoms with E-state index in [-0.39, 0.29) is 11.7 Å². The first-order chi connectivity index (χ1) is 14.5. The number of aromatic hydroxyl groups is 1. The summed E-state index contributed by atoms with van der Waals surface area (Å²) in [5.74, 6) is -0.721. The van der Waals surface area contributed by atoms with E-state index in [9.17, 15) is 14.7 Å². The number of aromatic nitrogens is 1. The lowest BCUT2D eigenvalue weighted by atomic mass is 10.0. The van der Waals surface area contributed by atoms with Crippen LogP contribution in [0.5, 0.6) is 5.75 Å². The van der Waals surface area contributed by atoms with Gasteiger partial charge in [-0.25, -0.2) is 0 Å². The van der Waals surface area contributed by atoms with Crippen LogP contribution < -0.4 is 10.6 Å². The second kappa shape index (κ2) is 8.42. The van der Waals surface area contributed by atoms with Gasteiger partial charge in [-0.1, -0.05) is 30.3 Å². The quantitative estimate of drug-likeness (QED) is 0.353. The van der Waals surface area contributed by atoms with Gasteiger partial charge < -0.3 is 20.7 Å². The van der Waals surface area contributed by atoms with Gasteiger partial charge in [-0.05, 0) is 47.7 Å². The van der Waals surface area contributed by atoms with Crippen LogP contribution in [-0.4, -0.2) is 27.9 Å². The Hall–Kier alpha value is -3.58. The molecule has 152 valence electrons. The fourth-order valence-corrected chi connectivity index (χ4v) is 3.96. The van der Waals surface area contributed by atoms with Crippen molar-refractivity contribution in [2.75, 3.05) is 5.32 Å². The third-order valence-corrected chi connectivity index (χ3v) is 5.75. The van der Waals surface area contributed by atoms with Gasteiger partial charge >= 0.3 is 0 Å². The number of phenols is 1. The molecule has 0 aliphatic carbocycles. The molecule has 2 amide bonds. The summed E-state index contributed by atoms with van der Waals surface area (Å²) in [5.41, 5.74) is 3.07. The normalized spacial score (nSPS) is 11.9. The summed E-state index contributed by atoms with van der Waals surface area (Å²) < 4.78 is 0. The highest BCUT2D eigenvalue weighted by atomic mass is 32.1. The fourth-order valence-electron chi connectivity index (χ4n) is 3.33. The molecule has 4 rings (SSSR count). The number of thiophene rings is 1. The van der Waals surface area contributed by atoms with E-state index in [0.29, 0.717) is 17.0 Å². The molecule has 4 aromatic rings. The lowest BCUT2D eigenvalue weighted by Gasteiger charge is -2.18. The van der Waals surface area contributed by atoms with Crippen molar-refractivity contribution in [3.8, 4) is 5.75 Å². The summed E-state index contributed by atoms with van der Waals surface area (Å²) in [7, 11) is 0. The number of para-hydroxylation sites is 1. The fraction of sp³-hybridized carbons (Fsp3) is 0.130. The SMILES string of the molecule is Cc1ccc(NC(=O)[C@H](Cc2c[nH]c3ccccc23)NC(=O)c2cccs2)c(O)c1. The van der Waals surface area contributed by atoms with Crippen LogP contribution in [0.25, 0.3) is 10.9 Å². The number of fused-ring (bicyclic) bond motifs is 1. The Morgan fingerprint density at radius 3 is 2.73 bits per heavy atom. The molecule has 0 spiro atoms. The van der Waals surface area contributed by atoms with Crippen molar-refractivity contribution in [1.82, 2.24) is 10.3 Å². The van der Waals surface area contributed by atoms with Gasteiger partial charge in [-0.3, -0.25) is 9.59 Å². The van der Waals surface area contributed by atoms with Crippen LogP contribution >= 0.6 is 11.3 Å². The van der Waals surface area contributed by atoms with Crippen LogP contribution in [0, 0.1) is 6.92 Å². The first-order valence-electron chi connectivity index (χ1n) is 9.51. The second-order valence-corrected chi connectivity index (χ2v) is 8.02. The number of benzene rings is 2. The molecule has 30 heavy (non-hydrogen) atoms. The summed E-state index contributed by atoms with van der Waals surface area (Å²) in [5, 5.41) is 18.5. The van der Waals surface area contributed by atoms with E-state index in [1.54, 1.807) is 30.3 Å². The molecule has 2 aromatic carbocycles. The molecule has 0 saturated heterocycles. The van der Waals surface area contributed by atoms with Crippen LogP contribution in [-0.2, 0) is 11.2 Å². The van der Waals surface area contributed by atoms with E-state index in [1.807, 2.05) is 42.8 Å². The number of anilines is 1. The van der Waals surface area contributed by atoms with Gasteiger partial charge in [-0.15, -0.1) is 11.3 Å². The minimum atomic E-state index is -0.820. The van der Waals surface area contributed by atoms with E-state index in [0.717, 1.165) is 22.0 Å². The van der Waals surface area contributed by atoms with Crippen molar-refractivity contribution < 1.29 is 14.7 Å². The number of carbonyl (C=O) groups is 2. The maximum atomic E-state index is 13.1. The largest absolute Gasteiger partial charge is 0.506 e. The minimum Gasteiger partial charge on any atom is -0.506 e. The van der Waals surface area contributed by atoms with Crippen molar-refractivity contribution in [3.05, 3.63) is 82.2 Å². The number of hydrogen-bond acceptors (Lipinski definition) is 4. The predicted octanol–water partition coefficient (Wildman–Crippen LogP) is 4.22. The number of aryl methyl sites for hydroxylation is 1. The zero-order valence-corrected chi connectivity index (χ0v) is 17.1. The van der Waals surface area contributed by atoms with E-state index < -0.39 is 11.9 Å². The molecule has 0 bridgehead atoms. The Morgan fingerprint density at radius 2 is 1.97 bits per heavy atom. The van der Waals surface area contributed by atoms with E-state index in [1.165, 1.54) is 11.3 Å². The Labute approximate surface area is 177 Å². The Bertz CT molecular complexity index is 1200. The number of carbonyl (C=O) groups excluding carboxylic acids is 2. The third kappa shape index (κ3) is 4.21. The number of phenolic OH excluding ortho intramolecular Hbond substituents is 1. The van der Waals surface area contributed by atoms with Gasteiger partial charge in [0.25, 0.3) is 5.91 Å². The predicted molar refractivity (Wildman–Crippen MR) is 119 cm³/mol. The molecule has 7 heteroatoms. The molecule has 2 heterocycles. The van der Waals surface area contributed by atoms with E-state index >= 15 is 0 Å². The maximum absolute atomic E-state index is 13.1. The second-order valence-electron chi connectivity index (χ2n) is 7.08. The van der Waals surface area contributed by atoms with Crippen molar-refractivity contribution >= 4 is 39.7 Å².